The molecule has 0 unspecified atom stereocenters. The van der Waals surface area contributed by atoms with Gasteiger partial charge in [-0.1, -0.05) is 106 Å². The van der Waals surface area contributed by atoms with Crippen LogP contribution < -0.4 is 0 Å². The molecule has 0 bridgehead atoms. The first-order valence-corrected chi connectivity index (χ1v) is 13.0. The molecule has 0 radical (unpaired) electrons. The summed E-state index contributed by atoms with van der Waals surface area (Å²) in [5, 5.41) is 12.3. The SMILES string of the molecule is CC(C)P(=[N-])(C(C)C)C1c2cc(C(C)(C)C)ccc2-c2ccc(C(C)(C)C)cc21.[CH3-].[CH3-].[CH3-].[Ti+4]. The standard InChI is InChI=1S/C27H39NP.3CH3.Ti/c1-17(2)29(28,18(3)4)25-23-15-19(26(5,6)7)11-13-21(23)22-14-12-20(16-24(22)25)27(8,9)10;;;;/h11-18,25H,1-10H3;3*1H3;/q4*-1;+4. The summed E-state index contributed by atoms with van der Waals surface area (Å²) in [6, 6.07) is 14.0. The van der Waals surface area contributed by atoms with Crippen LogP contribution in [0, 0.1) is 22.3 Å². The van der Waals surface area contributed by atoms with E-state index in [2.05, 4.69) is 106 Å². The summed E-state index contributed by atoms with van der Waals surface area (Å²) in [7, 11) is -2.27. The van der Waals surface area contributed by atoms with Crippen LogP contribution in [0.3, 0.4) is 0 Å². The van der Waals surface area contributed by atoms with Gasteiger partial charge >= 0.3 is 21.7 Å². The second kappa shape index (κ2) is 11.4. The Hall–Kier alpha value is -0.616. The summed E-state index contributed by atoms with van der Waals surface area (Å²) in [6.45, 7) is 22.5. The van der Waals surface area contributed by atoms with E-state index in [0.29, 0.717) is 0 Å². The summed E-state index contributed by atoms with van der Waals surface area (Å²) in [6.07, 6.45) is 0. The van der Waals surface area contributed by atoms with Gasteiger partial charge in [0.15, 0.2) is 0 Å². The summed E-state index contributed by atoms with van der Waals surface area (Å²) < 4.78 is 0. The van der Waals surface area contributed by atoms with Gasteiger partial charge in [0.2, 0.25) is 0 Å². The summed E-state index contributed by atoms with van der Waals surface area (Å²) in [4.78, 5) is 0. The van der Waals surface area contributed by atoms with Crippen molar-refractivity contribution < 1.29 is 21.7 Å². The molecule has 0 saturated carbocycles. The second-order valence-electron chi connectivity index (χ2n) is 11.5. The second-order valence-corrected chi connectivity index (χ2v) is 15.7. The number of nitrogens with zero attached hydrogens (tertiary/aromatic N) is 1. The Morgan fingerprint density at radius 3 is 1.21 bits per heavy atom. The number of benzene rings is 2. The van der Waals surface area contributed by atoms with Crippen molar-refractivity contribution in [1.29, 1.82) is 0 Å². The average molecular weight is 502 g/mol. The Morgan fingerprint density at radius 2 is 0.970 bits per heavy atom. The van der Waals surface area contributed by atoms with Crippen LogP contribution >= 0.6 is 7.05 Å². The number of hydrogen-bond donors (Lipinski definition) is 0. The van der Waals surface area contributed by atoms with Gasteiger partial charge in [0, 0.05) is 5.66 Å². The molecule has 0 heterocycles. The van der Waals surface area contributed by atoms with Crippen molar-refractivity contribution in [2.24, 2.45) is 0 Å². The molecule has 1 aliphatic carbocycles. The van der Waals surface area contributed by atoms with E-state index >= 15 is 0 Å². The normalized spacial score (nSPS) is 13.3. The zero-order valence-electron chi connectivity index (χ0n) is 23.6. The largest absolute Gasteiger partial charge is 4.00 e. The minimum Gasteiger partial charge on any atom is -0.807 e. The minimum absolute atomic E-state index is 0. The van der Waals surface area contributed by atoms with Gasteiger partial charge < -0.3 is 27.4 Å². The van der Waals surface area contributed by atoms with Gasteiger partial charge in [-0.3, -0.25) is 0 Å². The number of fused-ring (bicyclic) bond motifs is 3. The monoisotopic (exact) mass is 501 g/mol. The third-order valence-electron chi connectivity index (χ3n) is 6.78. The van der Waals surface area contributed by atoms with Gasteiger partial charge in [0.1, 0.15) is 0 Å². The van der Waals surface area contributed by atoms with Gasteiger partial charge in [-0.05, 0) is 55.5 Å². The van der Waals surface area contributed by atoms with Gasteiger partial charge in [0.25, 0.3) is 0 Å². The van der Waals surface area contributed by atoms with E-state index in [1.165, 1.54) is 33.4 Å². The van der Waals surface area contributed by atoms with E-state index in [9.17, 15) is 5.16 Å². The molecule has 1 aliphatic rings. The molecule has 2 aromatic rings. The molecule has 1 nitrogen and oxygen atoms in total. The molecule has 3 heteroatoms. The topological polar surface area (TPSA) is 22.3 Å². The van der Waals surface area contributed by atoms with Crippen LogP contribution in [0.4, 0.5) is 0 Å². The Bertz CT molecular complexity index is 898. The van der Waals surface area contributed by atoms with E-state index in [1.807, 2.05) is 0 Å². The Kier molecular flexibility index (Phi) is 11.9. The fraction of sp³-hybridized carbons (Fsp3) is 0.500. The van der Waals surface area contributed by atoms with Gasteiger partial charge in [-0.15, -0.1) is 0 Å². The maximum Gasteiger partial charge on any atom is 4.00 e. The van der Waals surface area contributed by atoms with Gasteiger partial charge in [-0.25, -0.2) is 7.05 Å². The quantitative estimate of drug-likeness (QED) is 0.227. The van der Waals surface area contributed by atoms with Crippen LogP contribution in [-0.2, 0) is 32.5 Å². The van der Waals surface area contributed by atoms with Crippen molar-refractivity contribution in [3.63, 3.8) is 0 Å². The van der Waals surface area contributed by atoms with Crippen LogP contribution in [0.2, 0.25) is 0 Å². The molecule has 0 atom stereocenters. The fourth-order valence-electron chi connectivity index (χ4n) is 4.81. The summed E-state index contributed by atoms with van der Waals surface area (Å²) in [5.41, 5.74) is 8.86. The van der Waals surface area contributed by atoms with Crippen molar-refractivity contribution in [3.05, 3.63) is 86.1 Å². The molecular formula is C30H48NPTi. The van der Waals surface area contributed by atoms with Crippen LogP contribution in [0.5, 0.6) is 0 Å². The predicted octanol–water partition coefficient (Wildman–Crippen LogP) is 10.3. The zero-order valence-corrected chi connectivity index (χ0v) is 26.0. The first-order valence-electron chi connectivity index (χ1n) is 11.1. The van der Waals surface area contributed by atoms with E-state index in [4.69, 9.17) is 0 Å². The molecule has 0 saturated heterocycles. The first kappa shape index (κ1) is 34.6. The van der Waals surface area contributed by atoms with Crippen LogP contribution in [-0.4, -0.2) is 11.3 Å². The smallest absolute Gasteiger partial charge is 0.807 e. The minimum atomic E-state index is -2.27. The van der Waals surface area contributed by atoms with Crippen LogP contribution in [0.15, 0.2) is 36.4 Å². The van der Waals surface area contributed by atoms with Crippen molar-refractivity contribution in [1.82, 2.24) is 0 Å². The fourth-order valence-corrected chi connectivity index (χ4v) is 8.51. The number of hydrogen-bond acceptors (Lipinski definition) is 0. The molecule has 3 rings (SSSR count). The maximum absolute atomic E-state index is 12.3. The van der Waals surface area contributed by atoms with E-state index < -0.39 is 7.05 Å². The van der Waals surface area contributed by atoms with Crippen LogP contribution in [0.25, 0.3) is 16.3 Å². The van der Waals surface area contributed by atoms with E-state index in [0.717, 1.165) is 0 Å². The van der Waals surface area contributed by atoms with Crippen molar-refractivity contribution in [2.45, 2.75) is 97.0 Å². The summed E-state index contributed by atoms with van der Waals surface area (Å²) in [5.74, 6) is 0. The maximum atomic E-state index is 12.3. The molecule has 0 amide bonds. The van der Waals surface area contributed by atoms with Crippen molar-refractivity contribution >= 4 is 7.05 Å². The predicted molar refractivity (Wildman–Crippen MR) is 151 cm³/mol. The molecular weight excluding hydrogens is 453 g/mol. The van der Waals surface area contributed by atoms with Crippen molar-refractivity contribution in [2.75, 3.05) is 0 Å². The molecule has 2 aromatic carbocycles. The summed E-state index contributed by atoms with van der Waals surface area (Å²) >= 11 is 0. The molecule has 33 heavy (non-hydrogen) atoms. The average Bonchev–Trinajstić information content (AvgIpc) is 2.92. The molecule has 0 aliphatic heterocycles. The first-order chi connectivity index (χ1) is 13.2. The molecule has 182 valence electrons. The molecule has 0 fully saturated rings. The zero-order chi connectivity index (χ0) is 21.9. The molecule has 0 aromatic heterocycles. The third-order valence-corrected chi connectivity index (χ3v) is 11.5. The third kappa shape index (κ3) is 5.97. The Balaban J connectivity index is 0. The van der Waals surface area contributed by atoms with Crippen molar-refractivity contribution in [3.8, 4) is 11.1 Å². The van der Waals surface area contributed by atoms with Gasteiger partial charge in [-0.2, -0.15) is 0 Å². The van der Waals surface area contributed by atoms with E-state index in [-0.39, 0.29) is 71.8 Å². The Morgan fingerprint density at radius 1 is 0.667 bits per heavy atom. The van der Waals surface area contributed by atoms with E-state index in [1.54, 1.807) is 0 Å². The number of rotatable bonds is 3. The van der Waals surface area contributed by atoms with Gasteiger partial charge in [0.05, 0.1) is 0 Å². The Labute approximate surface area is 222 Å². The van der Waals surface area contributed by atoms with Crippen LogP contribution in [0.1, 0.15) is 97.2 Å². The molecule has 0 spiro atoms. The molecule has 0 N–H and O–H groups in total.